The fourth-order valence-electron chi connectivity index (χ4n) is 1.90. The summed E-state index contributed by atoms with van der Waals surface area (Å²) >= 11 is 0. The standard InChI is InChI=1S/C15H25NO2/c1-5-16(6-2)10-14(17)11-18-15-9-7-8-12(3)13(15)4/h7-9,14,17H,5-6,10-11H2,1-4H3/t14-/m0/s1. The maximum Gasteiger partial charge on any atom is 0.122 e. The third kappa shape index (κ3) is 4.31. The number of aliphatic hydroxyl groups excluding tert-OH is 1. The molecule has 18 heavy (non-hydrogen) atoms. The Morgan fingerprint density at radius 3 is 2.50 bits per heavy atom. The van der Waals surface area contributed by atoms with E-state index in [0.717, 1.165) is 24.4 Å². The van der Waals surface area contributed by atoms with Gasteiger partial charge >= 0.3 is 0 Å². The van der Waals surface area contributed by atoms with Crippen molar-refractivity contribution < 1.29 is 9.84 Å². The number of rotatable bonds is 7. The summed E-state index contributed by atoms with van der Waals surface area (Å²) in [5.74, 6) is 0.869. The number of likely N-dealkylation sites (N-methyl/N-ethyl adjacent to an activating group) is 1. The third-order valence-corrected chi connectivity index (χ3v) is 3.35. The summed E-state index contributed by atoms with van der Waals surface area (Å²) in [6, 6.07) is 6.00. The van der Waals surface area contributed by atoms with Crippen molar-refractivity contribution in [3.8, 4) is 5.75 Å². The maximum atomic E-state index is 9.94. The van der Waals surface area contributed by atoms with Crippen molar-refractivity contribution in [2.45, 2.75) is 33.8 Å². The van der Waals surface area contributed by atoms with Gasteiger partial charge in [-0.3, -0.25) is 0 Å². The van der Waals surface area contributed by atoms with E-state index in [1.54, 1.807) is 0 Å². The van der Waals surface area contributed by atoms with Gasteiger partial charge in [0.05, 0.1) is 0 Å². The van der Waals surface area contributed by atoms with Crippen LogP contribution in [-0.4, -0.2) is 42.4 Å². The van der Waals surface area contributed by atoms with Crippen molar-refractivity contribution in [1.29, 1.82) is 0 Å². The first-order valence-corrected chi connectivity index (χ1v) is 6.67. The molecule has 1 atom stereocenters. The monoisotopic (exact) mass is 251 g/mol. The summed E-state index contributed by atoms with van der Waals surface area (Å²) in [6.45, 7) is 11.2. The first-order chi connectivity index (χ1) is 8.58. The first-order valence-electron chi connectivity index (χ1n) is 6.67. The topological polar surface area (TPSA) is 32.7 Å². The van der Waals surface area contributed by atoms with Crippen LogP contribution < -0.4 is 4.74 Å². The minimum absolute atomic E-state index is 0.348. The van der Waals surface area contributed by atoms with E-state index in [2.05, 4.69) is 31.7 Å². The number of ether oxygens (including phenoxy) is 1. The predicted molar refractivity (Wildman–Crippen MR) is 75.2 cm³/mol. The van der Waals surface area contributed by atoms with Crippen LogP contribution in [0.25, 0.3) is 0 Å². The van der Waals surface area contributed by atoms with Crippen LogP contribution in [-0.2, 0) is 0 Å². The van der Waals surface area contributed by atoms with Gasteiger partial charge in [-0.15, -0.1) is 0 Å². The summed E-state index contributed by atoms with van der Waals surface area (Å²) in [5.41, 5.74) is 2.36. The van der Waals surface area contributed by atoms with Crippen molar-refractivity contribution in [2.75, 3.05) is 26.2 Å². The molecule has 1 N–H and O–H groups in total. The second-order valence-electron chi connectivity index (χ2n) is 4.65. The van der Waals surface area contributed by atoms with Gasteiger partial charge in [-0.2, -0.15) is 0 Å². The fourth-order valence-corrected chi connectivity index (χ4v) is 1.90. The average molecular weight is 251 g/mol. The van der Waals surface area contributed by atoms with E-state index < -0.39 is 6.10 Å². The zero-order valence-corrected chi connectivity index (χ0v) is 11.9. The van der Waals surface area contributed by atoms with E-state index in [1.807, 2.05) is 19.1 Å². The van der Waals surface area contributed by atoms with Gasteiger partial charge in [0.1, 0.15) is 18.5 Å². The van der Waals surface area contributed by atoms with E-state index in [1.165, 1.54) is 5.56 Å². The Kier molecular flexibility index (Phi) is 6.16. The largest absolute Gasteiger partial charge is 0.491 e. The molecule has 0 fully saturated rings. The van der Waals surface area contributed by atoms with Gasteiger partial charge in [0.25, 0.3) is 0 Å². The lowest BCUT2D eigenvalue weighted by atomic mass is 10.1. The van der Waals surface area contributed by atoms with Crippen LogP contribution in [0.2, 0.25) is 0 Å². The fraction of sp³-hybridized carbons (Fsp3) is 0.600. The molecule has 102 valence electrons. The summed E-state index contributed by atoms with van der Waals surface area (Å²) in [4.78, 5) is 2.19. The molecule has 1 aromatic carbocycles. The first kappa shape index (κ1) is 15.0. The number of hydrogen-bond donors (Lipinski definition) is 1. The van der Waals surface area contributed by atoms with Crippen LogP contribution in [0.15, 0.2) is 18.2 Å². The van der Waals surface area contributed by atoms with Gasteiger partial charge in [0.2, 0.25) is 0 Å². The van der Waals surface area contributed by atoms with Crippen LogP contribution in [0, 0.1) is 13.8 Å². The molecule has 0 heterocycles. The van der Waals surface area contributed by atoms with Gasteiger partial charge in [0.15, 0.2) is 0 Å². The van der Waals surface area contributed by atoms with E-state index in [4.69, 9.17) is 4.74 Å². The van der Waals surface area contributed by atoms with Gasteiger partial charge in [-0.1, -0.05) is 26.0 Å². The quantitative estimate of drug-likeness (QED) is 0.807. The molecular formula is C15H25NO2. The summed E-state index contributed by atoms with van der Waals surface area (Å²) in [7, 11) is 0. The molecule has 1 aromatic rings. The molecule has 0 aliphatic rings. The molecule has 0 aliphatic heterocycles. The van der Waals surface area contributed by atoms with Crippen molar-refractivity contribution in [3.63, 3.8) is 0 Å². The van der Waals surface area contributed by atoms with E-state index in [-0.39, 0.29) is 0 Å². The molecule has 0 aliphatic carbocycles. The lowest BCUT2D eigenvalue weighted by molar-refractivity contribution is 0.0714. The Bertz CT molecular complexity index is 362. The highest BCUT2D eigenvalue weighted by Gasteiger charge is 2.10. The number of benzene rings is 1. The van der Waals surface area contributed by atoms with E-state index >= 15 is 0 Å². The lowest BCUT2D eigenvalue weighted by Gasteiger charge is -2.22. The number of hydrogen-bond acceptors (Lipinski definition) is 3. The highest BCUT2D eigenvalue weighted by atomic mass is 16.5. The van der Waals surface area contributed by atoms with Gasteiger partial charge in [0, 0.05) is 6.54 Å². The number of nitrogens with zero attached hydrogens (tertiary/aromatic N) is 1. The molecule has 0 saturated carbocycles. The average Bonchev–Trinajstić information content (AvgIpc) is 2.37. The Morgan fingerprint density at radius 2 is 1.89 bits per heavy atom. The maximum absolute atomic E-state index is 9.94. The van der Waals surface area contributed by atoms with Crippen molar-refractivity contribution in [1.82, 2.24) is 4.90 Å². The second-order valence-corrected chi connectivity index (χ2v) is 4.65. The molecule has 0 bridgehead atoms. The summed E-state index contributed by atoms with van der Waals surface area (Å²) in [6.07, 6.45) is -0.440. The lowest BCUT2D eigenvalue weighted by Crippen LogP contribution is -2.35. The molecule has 0 spiro atoms. The molecule has 0 unspecified atom stereocenters. The molecule has 1 rings (SSSR count). The third-order valence-electron chi connectivity index (χ3n) is 3.35. The summed E-state index contributed by atoms with van der Waals surface area (Å²) < 4.78 is 5.69. The highest BCUT2D eigenvalue weighted by Crippen LogP contribution is 2.20. The Morgan fingerprint density at radius 1 is 1.22 bits per heavy atom. The van der Waals surface area contributed by atoms with Crippen LogP contribution in [0.3, 0.4) is 0 Å². The van der Waals surface area contributed by atoms with Crippen molar-refractivity contribution in [2.24, 2.45) is 0 Å². The number of aliphatic hydroxyl groups is 1. The van der Waals surface area contributed by atoms with E-state index in [0.29, 0.717) is 13.2 Å². The minimum atomic E-state index is -0.440. The van der Waals surface area contributed by atoms with Crippen LogP contribution in [0.1, 0.15) is 25.0 Å². The van der Waals surface area contributed by atoms with Gasteiger partial charge in [-0.25, -0.2) is 0 Å². The normalized spacial score (nSPS) is 12.8. The Labute approximate surface area is 110 Å². The molecule has 0 saturated heterocycles. The summed E-state index contributed by atoms with van der Waals surface area (Å²) in [5, 5.41) is 9.94. The second kappa shape index (κ2) is 7.39. The molecule has 3 heteroatoms. The SMILES string of the molecule is CCN(CC)C[C@H](O)COc1cccc(C)c1C. The zero-order valence-electron chi connectivity index (χ0n) is 11.9. The van der Waals surface area contributed by atoms with E-state index in [9.17, 15) is 5.11 Å². The smallest absolute Gasteiger partial charge is 0.122 e. The predicted octanol–water partition coefficient (Wildman–Crippen LogP) is 2.38. The van der Waals surface area contributed by atoms with Crippen LogP contribution >= 0.6 is 0 Å². The molecule has 0 amide bonds. The van der Waals surface area contributed by atoms with Gasteiger partial charge < -0.3 is 14.7 Å². The molecular weight excluding hydrogens is 226 g/mol. The highest BCUT2D eigenvalue weighted by molar-refractivity contribution is 5.38. The van der Waals surface area contributed by atoms with Crippen molar-refractivity contribution in [3.05, 3.63) is 29.3 Å². The zero-order chi connectivity index (χ0) is 13.5. The molecule has 3 nitrogen and oxygen atoms in total. The van der Waals surface area contributed by atoms with Gasteiger partial charge in [-0.05, 0) is 44.1 Å². The Balaban J connectivity index is 2.47. The Hall–Kier alpha value is -1.06. The number of aryl methyl sites for hydroxylation is 1. The van der Waals surface area contributed by atoms with Crippen LogP contribution in [0.4, 0.5) is 0 Å². The minimum Gasteiger partial charge on any atom is -0.491 e. The molecule has 0 aromatic heterocycles. The van der Waals surface area contributed by atoms with Crippen molar-refractivity contribution >= 4 is 0 Å². The van der Waals surface area contributed by atoms with Crippen LogP contribution in [0.5, 0.6) is 5.75 Å². The molecule has 0 radical (unpaired) electrons.